The summed E-state index contributed by atoms with van der Waals surface area (Å²) in [5, 5.41) is 10.3. The first-order valence-electron chi connectivity index (χ1n) is 13.2. The van der Waals surface area contributed by atoms with Gasteiger partial charge in [-0.3, -0.25) is 4.79 Å². The number of fused-ring (bicyclic) bond motifs is 1. The fraction of sp³-hybridized carbons (Fsp3) is 0.533. The predicted molar refractivity (Wildman–Crippen MR) is 140 cm³/mol. The van der Waals surface area contributed by atoms with Gasteiger partial charge in [0.15, 0.2) is 0 Å². The first kappa shape index (κ1) is 24.6. The largest absolute Gasteiger partial charge is 0.497 e. The smallest absolute Gasteiger partial charge is 0.227 e. The molecular weight excluding hydrogens is 450 g/mol. The quantitative estimate of drug-likeness (QED) is 0.576. The second-order valence-corrected chi connectivity index (χ2v) is 11.1. The topological polar surface area (TPSA) is 65.8 Å². The van der Waals surface area contributed by atoms with Gasteiger partial charge in [-0.25, -0.2) is 0 Å². The van der Waals surface area contributed by atoms with Crippen molar-refractivity contribution in [3.8, 4) is 11.8 Å². The van der Waals surface area contributed by atoms with E-state index in [2.05, 4.69) is 37.8 Å². The molecule has 2 aromatic rings. The van der Waals surface area contributed by atoms with Gasteiger partial charge in [-0.05, 0) is 79.5 Å². The molecule has 1 saturated heterocycles. The maximum absolute atomic E-state index is 13.3. The van der Waals surface area contributed by atoms with Crippen molar-refractivity contribution in [2.24, 2.45) is 0 Å². The third-order valence-electron chi connectivity index (χ3n) is 8.01. The number of anilines is 1. The van der Waals surface area contributed by atoms with Crippen LogP contribution in [0.5, 0.6) is 5.75 Å². The number of nitriles is 1. The van der Waals surface area contributed by atoms with Gasteiger partial charge in [-0.15, -0.1) is 0 Å². The minimum Gasteiger partial charge on any atom is -0.497 e. The molecule has 2 aromatic carbocycles. The molecule has 5 rings (SSSR count). The maximum Gasteiger partial charge on any atom is 0.227 e. The van der Waals surface area contributed by atoms with E-state index in [9.17, 15) is 10.1 Å². The van der Waals surface area contributed by atoms with Gasteiger partial charge in [0.2, 0.25) is 5.91 Å². The summed E-state index contributed by atoms with van der Waals surface area (Å²) in [5.41, 5.74) is 6.35. The van der Waals surface area contributed by atoms with E-state index in [0.717, 1.165) is 48.5 Å². The molecule has 1 amide bonds. The molecule has 1 atom stereocenters. The predicted octanol–water partition coefficient (Wildman–Crippen LogP) is 4.97. The van der Waals surface area contributed by atoms with E-state index in [1.807, 2.05) is 29.2 Å². The molecule has 6 nitrogen and oxygen atoms in total. The molecular formula is C30H37N3O3. The number of hydrogen-bond donors (Lipinski definition) is 0. The van der Waals surface area contributed by atoms with Crippen LogP contribution in [-0.2, 0) is 29.0 Å². The zero-order valence-electron chi connectivity index (χ0n) is 22.0. The highest BCUT2D eigenvalue weighted by atomic mass is 16.5. The Bertz CT molecular complexity index is 1190. The first-order valence-corrected chi connectivity index (χ1v) is 13.2. The number of carbonyl (C=O) groups is 1. The summed E-state index contributed by atoms with van der Waals surface area (Å²) in [5.74, 6) is 1.51. The highest BCUT2D eigenvalue weighted by molar-refractivity contribution is 5.80. The maximum atomic E-state index is 13.3. The van der Waals surface area contributed by atoms with Crippen LogP contribution in [-0.4, -0.2) is 49.2 Å². The van der Waals surface area contributed by atoms with Crippen molar-refractivity contribution in [1.82, 2.24) is 4.90 Å². The first-order chi connectivity index (χ1) is 17.3. The van der Waals surface area contributed by atoms with Gasteiger partial charge in [-0.1, -0.05) is 19.1 Å². The molecule has 0 aromatic heterocycles. The molecule has 0 bridgehead atoms. The molecule has 0 N–H and O–H groups in total. The SMILES string of the molecule is CC[C@@H]1CN(c2cc(C3CC3)c3c(c2C#N)CC(C)(C)OC3)CCN1C(=O)Cc1cccc(OC)c1. The van der Waals surface area contributed by atoms with Crippen LogP contribution in [0.2, 0.25) is 0 Å². The van der Waals surface area contributed by atoms with Crippen molar-refractivity contribution in [2.45, 2.75) is 77.0 Å². The molecule has 2 heterocycles. The van der Waals surface area contributed by atoms with Crippen molar-refractivity contribution >= 4 is 11.6 Å². The number of hydrogen-bond acceptors (Lipinski definition) is 5. The standard InChI is InChI=1S/C30H37N3O3/c1-5-22-18-32(11-12-33(22)29(34)14-20-7-6-8-23(13-20)35-4)28-15-24(21-9-10-21)27-19-36-30(2,3)16-25(27)26(28)17-31/h6-8,13,15,21-22H,5,9-12,14,16,18-19H2,1-4H3/t22-/m1/s1. The van der Waals surface area contributed by atoms with Crippen LogP contribution in [0.1, 0.15) is 73.8 Å². The van der Waals surface area contributed by atoms with Crippen molar-refractivity contribution < 1.29 is 14.3 Å². The Kier molecular flexibility index (Phi) is 6.70. The molecule has 0 radical (unpaired) electrons. The van der Waals surface area contributed by atoms with E-state index in [4.69, 9.17) is 9.47 Å². The molecule has 0 spiro atoms. The molecule has 2 aliphatic heterocycles. The van der Waals surface area contributed by atoms with E-state index in [-0.39, 0.29) is 17.6 Å². The monoisotopic (exact) mass is 487 g/mol. The Morgan fingerprint density at radius 3 is 2.72 bits per heavy atom. The zero-order chi connectivity index (χ0) is 25.4. The number of rotatable bonds is 6. The van der Waals surface area contributed by atoms with E-state index in [1.54, 1.807) is 7.11 Å². The summed E-state index contributed by atoms with van der Waals surface area (Å²) in [7, 11) is 1.64. The summed E-state index contributed by atoms with van der Waals surface area (Å²) in [6, 6.07) is 12.7. The van der Waals surface area contributed by atoms with Gasteiger partial charge in [0, 0.05) is 32.1 Å². The lowest BCUT2D eigenvalue weighted by Gasteiger charge is -2.43. The highest BCUT2D eigenvalue weighted by Crippen LogP contribution is 2.47. The van der Waals surface area contributed by atoms with Crippen molar-refractivity contribution in [2.75, 3.05) is 31.6 Å². The number of piperazine rings is 1. The fourth-order valence-corrected chi connectivity index (χ4v) is 5.84. The number of amides is 1. The Hall–Kier alpha value is -3.04. The summed E-state index contributed by atoms with van der Waals surface area (Å²) in [6.45, 7) is 9.10. The normalized spacial score (nSPS) is 21.0. The number of ether oxygens (including phenoxy) is 2. The molecule has 6 heteroatoms. The average molecular weight is 488 g/mol. The van der Waals surface area contributed by atoms with Crippen molar-refractivity contribution in [3.05, 3.63) is 58.1 Å². The molecule has 3 aliphatic rings. The summed E-state index contributed by atoms with van der Waals surface area (Å²) in [6.07, 6.45) is 4.44. The average Bonchev–Trinajstić information content (AvgIpc) is 3.72. The van der Waals surface area contributed by atoms with Crippen LogP contribution < -0.4 is 9.64 Å². The Balaban J connectivity index is 1.40. The van der Waals surface area contributed by atoms with Crippen molar-refractivity contribution in [1.29, 1.82) is 5.26 Å². The summed E-state index contributed by atoms with van der Waals surface area (Å²) < 4.78 is 11.5. The van der Waals surface area contributed by atoms with Gasteiger partial charge >= 0.3 is 0 Å². The van der Waals surface area contributed by atoms with Crippen LogP contribution in [0.25, 0.3) is 0 Å². The molecule has 190 valence electrons. The molecule has 2 fully saturated rings. The summed E-state index contributed by atoms with van der Waals surface area (Å²) >= 11 is 0. The lowest BCUT2D eigenvalue weighted by molar-refractivity contribution is -0.133. The van der Waals surface area contributed by atoms with E-state index >= 15 is 0 Å². The van der Waals surface area contributed by atoms with Crippen LogP contribution in [0.4, 0.5) is 5.69 Å². The molecule has 1 aliphatic carbocycles. The Morgan fingerprint density at radius 2 is 2.03 bits per heavy atom. The lowest BCUT2D eigenvalue weighted by Crippen LogP contribution is -2.55. The van der Waals surface area contributed by atoms with Crippen LogP contribution >= 0.6 is 0 Å². The number of carbonyl (C=O) groups excluding carboxylic acids is 1. The van der Waals surface area contributed by atoms with E-state index < -0.39 is 0 Å². The third kappa shape index (κ3) is 4.82. The number of benzene rings is 2. The lowest BCUT2D eigenvalue weighted by atomic mass is 9.84. The van der Waals surface area contributed by atoms with E-state index in [1.165, 1.54) is 29.5 Å². The van der Waals surface area contributed by atoms with Crippen molar-refractivity contribution in [3.63, 3.8) is 0 Å². The fourth-order valence-electron chi connectivity index (χ4n) is 5.84. The van der Waals surface area contributed by atoms with Gasteiger partial charge in [0.1, 0.15) is 11.8 Å². The Labute approximate surface area is 214 Å². The van der Waals surface area contributed by atoms with Crippen LogP contribution in [0, 0.1) is 11.3 Å². The highest BCUT2D eigenvalue weighted by Gasteiger charge is 2.37. The Morgan fingerprint density at radius 1 is 1.22 bits per heavy atom. The minimum atomic E-state index is -0.269. The number of nitrogens with zero attached hydrogens (tertiary/aromatic N) is 3. The number of methoxy groups -OCH3 is 1. The molecule has 1 saturated carbocycles. The van der Waals surface area contributed by atoms with Crippen LogP contribution in [0.3, 0.4) is 0 Å². The second kappa shape index (κ2) is 9.78. The molecule has 0 unspecified atom stereocenters. The summed E-state index contributed by atoms with van der Waals surface area (Å²) in [4.78, 5) is 17.7. The van der Waals surface area contributed by atoms with Crippen LogP contribution in [0.15, 0.2) is 30.3 Å². The van der Waals surface area contributed by atoms with Gasteiger partial charge in [0.25, 0.3) is 0 Å². The second-order valence-electron chi connectivity index (χ2n) is 11.1. The van der Waals surface area contributed by atoms with Gasteiger partial charge < -0.3 is 19.3 Å². The molecule has 36 heavy (non-hydrogen) atoms. The van der Waals surface area contributed by atoms with E-state index in [0.29, 0.717) is 25.5 Å². The van der Waals surface area contributed by atoms with Gasteiger partial charge in [0.05, 0.1) is 37.0 Å². The zero-order valence-corrected chi connectivity index (χ0v) is 22.0. The van der Waals surface area contributed by atoms with Gasteiger partial charge in [-0.2, -0.15) is 5.26 Å². The third-order valence-corrected chi connectivity index (χ3v) is 8.01. The minimum absolute atomic E-state index is 0.114.